The Bertz CT molecular complexity index is 433. The number of hydrogen-bond donors (Lipinski definition) is 1. The summed E-state index contributed by atoms with van der Waals surface area (Å²) in [6.07, 6.45) is 1.38. The summed E-state index contributed by atoms with van der Waals surface area (Å²) in [5.41, 5.74) is 1.14. The third-order valence-electron chi connectivity index (χ3n) is 2.51. The lowest BCUT2D eigenvalue weighted by atomic mass is 10.1. The SMILES string of the molecule is COCC[C@H](CCc1ccccc1)OS(N)(=O)=O. The van der Waals surface area contributed by atoms with Crippen LogP contribution in [0.5, 0.6) is 0 Å². The Morgan fingerprint density at radius 2 is 1.89 bits per heavy atom. The molecular formula is C12H19NO4S. The van der Waals surface area contributed by atoms with E-state index in [0.717, 1.165) is 12.0 Å². The van der Waals surface area contributed by atoms with Gasteiger partial charge in [-0.2, -0.15) is 8.42 Å². The molecule has 0 saturated carbocycles. The highest BCUT2D eigenvalue weighted by atomic mass is 32.2. The van der Waals surface area contributed by atoms with Gasteiger partial charge in [0.25, 0.3) is 0 Å². The smallest absolute Gasteiger partial charge is 0.333 e. The van der Waals surface area contributed by atoms with Crippen LogP contribution in [0.1, 0.15) is 18.4 Å². The topological polar surface area (TPSA) is 78.6 Å². The second kappa shape index (κ2) is 7.48. The van der Waals surface area contributed by atoms with Crippen molar-refractivity contribution in [3.63, 3.8) is 0 Å². The van der Waals surface area contributed by atoms with E-state index in [4.69, 9.17) is 14.1 Å². The van der Waals surface area contributed by atoms with Crippen molar-refractivity contribution in [2.45, 2.75) is 25.4 Å². The molecule has 6 heteroatoms. The minimum absolute atomic E-state index is 0.439. The summed E-state index contributed by atoms with van der Waals surface area (Å²) < 4.78 is 31.6. The normalized spacial score (nSPS) is 13.4. The summed E-state index contributed by atoms with van der Waals surface area (Å²) in [5.74, 6) is 0. The second-order valence-electron chi connectivity index (χ2n) is 4.02. The van der Waals surface area contributed by atoms with Gasteiger partial charge >= 0.3 is 10.3 Å². The molecule has 0 aromatic heterocycles. The first-order valence-electron chi connectivity index (χ1n) is 5.75. The van der Waals surface area contributed by atoms with E-state index in [1.807, 2.05) is 30.3 Å². The van der Waals surface area contributed by atoms with Gasteiger partial charge in [0.15, 0.2) is 0 Å². The van der Waals surface area contributed by atoms with Gasteiger partial charge < -0.3 is 4.74 Å². The van der Waals surface area contributed by atoms with Crippen LogP contribution in [-0.2, 0) is 25.6 Å². The van der Waals surface area contributed by atoms with Crippen LogP contribution in [-0.4, -0.2) is 28.2 Å². The lowest BCUT2D eigenvalue weighted by Crippen LogP contribution is -2.25. The molecule has 102 valence electrons. The maximum Gasteiger partial charge on any atom is 0.333 e. The van der Waals surface area contributed by atoms with Crippen LogP contribution in [0.4, 0.5) is 0 Å². The lowest BCUT2D eigenvalue weighted by molar-refractivity contribution is 0.124. The van der Waals surface area contributed by atoms with Gasteiger partial charge in [-0.05, 0) is 24.8 Å². The zero-order valence-electron chi connectivity index (χ0n) is 10.4. The molecule has 0 radical (unpaired) electrons. The number of benzene rings is 1. The van der Waals surface area contributed by atoms with E-state index in [1.54, 1.807) is 7.11 Å². The molecule has 0 aliphatic rings. The molecule has 0 unspecified atom stereocenters. The molecule has 1 aromatic rings. The van der Waals surface area contributed by atoms with Crippen LogP contribution in [0.25, 0.3) is 0 Å². The van der Waals surface area contributed by atoms with E-state index in [-0.39, 0.29) is 0 Å². The van der Waals surface area contributed by atoms with E-state index in [1.165, 1.54) is 0 Å². The van der Waals surface area contributed by atoms with E-state index < -0.39 is 16.4 Å². The van der Waals surface area contributed by atoms with Crippen molar-refractivity contribution in [2.75, 3.05) is 13.7 Å². The number of nitrogens with two attached hydrogens (primary N) is 1. The van der Waals surface area contributed by atoms with Gasteiger partial charge in [0.1, 0.15) is 0 Å². The fraction of sp³-hybridized carbons (Fsp3) is 0.500. The molecule has 0 aliphatic heterocycles. The van der Waals surface area contributed by atoms with Gasteiger partial charge in [0.05, 0.1) is 6.10 Å². The summed E-state index contributed by atoms with van der Waals surface area (Å²) in [5, 5.41) is 4.89. The van der Waals surface area contributed by atoms with Crippen molar-refractivity contribution < 1.29 is 17.3 Å². The number of ether oxygens (including phenoxy) is 1. The Labute approximate surface area is 108 Å². The van der Waals surface area contributed by atoms with Crippen LogP contribution < -0.4 is 5.14 Å². The van der Waals surface area contributed by atoms with Crippen LogP contribution in [0.15, 0.2) is 30.3 Å². The summed E-state index contributed by atoms with van der Waals surface area (Å²) in [6.45, 7) is 0.439. The van der Waals surface area contributed by atoms with E-state index in [0.29, 0.717) is 19.4 Å². The monoisotopic (exact) mass is 273 g/mol. The molecule has 5 nitrogen and oxygen atoms in total. The average molecular weight is 273 g/mol. The fourth-order valence-corrected chi connectivity index (χ4v) is 2.22. The molecule has 1 aromatic carbocycles. The quantitative estimate of drug-likeness (QED) is 0.773. The van der Waals surface area contributed by atoms with Crippen LogP contribution in [0.2, 0.25) is 0 Å². The number of rotatable bonds is 8. The Morgan fingerprint density at radius 3 is 2.44 bits per heavy atom. The Hall–Kier alpha value is -0.950. The highest BCUT2D eigenvalue weighted by Crippen LogP contribution is 2.11. The third kappa shape index (κ3) is 6.70. The summed E-state index contributed by atoms with van der Waals surface area (Å²) >= 11 is 0. The number of methoxy groups -OCH3 is 1. The number of aryl methyl sites for hydroxylation is 1. The minimum Gasteiger partial charge on any atom is -0.385 e. The van der Waals surface area contributed by atoms with Crippen molar-refractivity contribution in [1.29, 1.82) is 0 Å². The van der Waals surface area contributed by atoms with Gasteiger partial charge in [-0.15, -0.1) is 0 Å². The average Bonchev–Trinajstić information content (AvgIpc) is 2.32. The van der Waals surface area contributed by atoms with Gasteiger partial charge in [-0.25, -0.2) is 5.14 Å². The van der Waals surface area contributed by atoms with Gasteiger partial charge in [0, 0.05) is 13.7 Å². The van der Waals surface area contributed by atoms with E-state index >= 15 is 0 Å². The standard InChI is InChI=1S/C12H19NO4S/c1-16-10-9-12(17-18(13,14)15)8-7-11-5-3-2-4-6-11/h2-6,12H,7-10H2,1H3,(H2,13,14,15)/t12-/m0/s1. The van der Waals surface area contributed by atoms with Crippen LogP contribution in [0, 0.1) is 0 Å². The molecule has 0 heterocycles. The zero-order valence-corrected chi connectivity index (χ0v) is 11.2. The fourth-order valence-electron chi connectivity index (χ4n) is 1.65. The first kappa shape index (κ1) is 15.1. The first-order valence-corrected chi connectivity index (χ1v) is 7.22. The largest absolute Gasteiger partial charge is 0.385 e. The van der Waals surface area contributed by atoms with Crippen molar-refractivity contribution in [2.24, 2.45) is 5.14 Å². The molecule has 2 N–H and O–H groups in total. The zero-order chi connectivity index (χ0) is 13.4. The Balaban J connectivity index is 2.50. The molecule has 0 fully saturated rings. The second-order valence-corrected chi connectivity index (χ2v) is 5.19. The van der Waals surface area contributed by atoms with Crippen LogP contribution >= 0.6 is 0 Å². The first-order chi connectivity index (χ1) is 8.51. The molecule has 18 heavy (non-hydrogen) atoms. The highest BCUT2D eigenvalue weighted by Gasteiger charge is 2.15. The molecule has 0 amide bonds. The lowest BCUT2D eigenvalue weighted by Gasteiger charge is -2.15. The summed E-state index contributed by atoms with van der Waals surface area (Å²) in [4.78, 5) is 0. The predicted molar refractivity (Wildman–Crippen MR) is 69.2 cm³/mol. The third-order valence-corrected chi connectivity index (χ3v) is 3.05. The van der Waals surface area contributed by atoms with E-state index in [9.17, 15) is 8.42 Å². The molecule has 0 spiro atoms. The molecule has 0 aliphatic carbocycles. The molecule has 1 atom stereocenters. The predicted octanol–water partition coefficient (Wildman–Crippen LogP) is 1.24. The van der Waals surface area contributed by atoms with E-state index in [2.05, 4.69) is 0 Å². The highest BCUT2D eigenvalue weighted by molar-refractivity contribution is 7.84. The maximum absolute atomic E-state index is 10.9. The Kier molecular flexibility index (Phi) is 6.28. The maximum atomic E-state index is 10.9. The summed E-state index contributed by atoms with van der Waals surface area (Å²) in [6, 6.07) is 9.81. The minimum atomic E-state index is -3.91. The van der Waals surface area contributed by atoms with Gasteiger partial charge in [-0.3, -0.25) is 4.18 Å². The van der Waals surface area contributed by atoms with Crippen molar-refractivity contribution in [3.05, 3.63) is 35.9 Å². The molecule has 0 saturated heterocycles. The van der Waals surface area contributed by atoms with Crippen molar-refractivity contribution >= 4 is 10.3 Å². The van der Waals surface area contributed by atoms with Gasteiger partial charge in [0.2, 0.25) is 0 Å². The van der Waals surface area contributed by atoms with Crippen molar-refractivity contribution in [3.8, 4) is 0 Å². The number of hydrogen-bond acceptors (Lipinski definition) is 4. The van der Waals surface area contributed by atoms with Gasteiger partial charge in [-0.1, -0.05) is 30.3 Å². The molecule has 1 rings (SSSR count). The van der Waals surface area contributed by atoms with Crippen LogP contribution in [0.3, 0.4) is 0 Å². The molecule has 0 bridgehead atoms. The van der Waals surface area contributed by atoms with Crippen molar-refractivity contribution in [1.82, 2.24) is 0 Å². The Morgan fingerprint density at radius 1 is 1.22 bits per heavy atom. The molecular weight excluding hydrogens is 254 g/mol. The summed E-state index contributed by atoms with van der Waals surface area (Å²) in [7, 11) is -2.35.